The summed E-state index contributed by atoms with van der Waals surface area (Å²) < 4.78 is 5.18. The first-order chi connectivity index (χ1) is 7.63. The van der Waals surface area contributed by atoms with Crippen LogP contribution in [-0.4, -0.2) is 41.5 Å². The van der Waals surface area contributed by atoms with Gasteiger partial charge in [-0.3, -0.25) is 0 Å². The molecule has 1 heterocycles. The molecule has 1 saturated heterocycles. The second-order valence-electron chi connectivity index (χ2n) is 5.98. The van der Waals surface area contributed by atoms with Crippen molar-refractivity contribution in [2.45, 2.75) is 51.9 Å². The molecule has 1 aliphatic heterocycles. The predicted molar refractivity (Wildman–Crippen MR) is 65.8 cm³/mol. The highest BCUT2D eigenvalue weighted by Gasteiger charge is 2.41. The number of aliphatic hydroxyl groups is 1. The zero-order chi connectivity index (χ0) is 13.3. The van der Waals surface area contributed by atoms with Gasteiger partial charge in [0.15, 0.2) is 0 Å². The molecule has 1 fully saturated rings. The number of hydrogen-bond acceptors (Lipinski definition) is 4. The Morgan fingerprint density at radius 1 is 1.47 bits per heavy atom. The monoisotopic (exact) mass is 244 g/mol. The summed E-state index contributed by atoms with van der Waals surface area (Å²) in [4.78, 5) is 11.6. The Hall–Kier alpha value is -0.810. The molecular weight excluding hydrogens is 220 g/mol. The van der Waals surface area contributed by atoms with Gasteiger partial charge < -0.3 is 20.5 Å². The summed E-state index contributed by atoms with van der Waals surface area (Å²) in [5, 5.41) is 16.2. The number of nitrogens with one attached hydrogen (secondary N) is 2. The molecule has 0 radical (unpaired) electrons. The minimum absolute atomic E-state index is 0.0798. The Morgan fingerprint density at radius 2 is 2.06 bits per heavy atom. The maximum atomic E-state index is 11.6. The maximum Gasteiger partial charge on any atom is 0.408 e. The molecule has 0 aromatic rings. The van der Waals surface area contributed by atoms with Crippen molar-refractivity contribution in [1.29, 1.82) is 0 Å². The van der Waals surface area contributed by atoms with Crippen molar-refractivity contribution < 1.29 is 14.6 Å². The molecule has 1 amide bonds. The van der Waals surface area contributed by atoms with Crippen molar-refractivity contribution in [2.75, 3.05) is 13.1 Å². The minimum atomic E-state index is -0.915. The fraction of sp³-hybridized carbons (Fsp3) is 0.917. The largest absolute Gasteiger partial charge is 0.444 e. The smallest absolute Gasteiger partial charge is 0.408 e. The van der Waals surface area contributed by atoms with Gasteiger partial charge in [-0.1, -0.05) is 6.92 Å². The molecular formula is C12H24N2O3. The molecule has 1 rings (SSSR count). The Bertz CT molecular complexity index is 284. The number of ether oxygens (including phenoxy) is 1. The van der Waals surface area contributed by atoms with Crippen molar-refractivity contribution in [3.05, 3.63) is 0 Å². The SMILES string of the molecule is C[C@H]1CNC[C@@H](NC(=O)OC(C)(C)C)[C@]1(C)O. The van der Waals surface area contributed by atoms with Crippen LogP contribution in [0.1, 0.15) is 34.6 Å². The normalized spacial score (nSPS) is 34.2. The summed E-state index contributed by atoms with van der Waals surface area (Å²) in [6, 6.07) is -0.332. The average molecular weight is 244 g/mol. The van der Waals surface area contributed by atoms with Gasteiger partial charge in [0.2, 0.25) is 0 Å². The lowest BCUT2D eigenvalue weighted by Gasteiger charge is -2.42. The maximum absolute atomic E-state index is 11.6. The fourth-order valence-electron chi connectivity index (χ4n) is 1.85. The van der Waals surface area contributed by atoms with Gasteiger partial charge in [0.25, 0.3) is 0 Å². The van der Waals surface area contributed by atoms with Gasteiger partial charge in [0.1, 0.15) is 5.60 Å². The third-order valence-corrected chi connectivity index (χ3v) is 3.19. The van der Waals surface area contributed by atoms with Crippen molar-refractivity contribution in [3.63, 3.8) is 0 Å². The summed E-state index contributed by atoms with van der Waals surface area (Å²) in [5.74, 6) is 0.0798. The molecule has 5 nitrogen and oxygen atoms in total. The van der Waals surface area contributed by atoms with Crippen LogP contribution >= 0.6 is 0 Å². The van der Waals surface area contributed by atoms with Gasteiger partial charge in [-0.25, -0.2) is 4.79 Å². The predicted octanol–water partition coefficient (Wildman–Crippen LogP) is 0.870. The van der Waals surface area contributed by atoms with E-state index in [9.17, 15) is 9.90 Å². The first kappa shape index (κ1) is 14.3. The summed E-state index contributed by atoms with van der Waals surface area (Å²) in [5.41, 5.74) is -1.44. The summed E-state index contributed by atoms with van der Waals surface area (Å²) in [6.45, 7) is 10.4. The van der Waals surface area contributed by atoms with E-state index in [1.54, 1.807) is 6.92 Å². The van der Waals surface area contributed by atoms with Crippen LogP contribution in [0.2, 0.25) is 0 Å². The van der Waals surface area contributed by atoms with E-state index < -0.39 is 17.3 Å². The highest BCUT2D eigenvalue weighted by molar-refractivity contribution is 5.68. The van der Waals surface area contributed by atoms with Crippen molar-refractivity contribution in [3.8, 4) is 0 Å². The molecule has 1 aliphatic rings. The van der Waals surface area contributed by atoms with Crippen molar-refractivity contribution >= 4 is 6.09 Å². The lowest BCUT2D eigenvalue weighted by molar-refractivity contribution is -0.0469. The van der Waals surface area contributed by atoms with Crippen LogP contribution in [0, 0.1) is 5.92 Å². The first-order valence-corrected chi connectivity index (χ1v) is 6.05. The molecule has 5 heteroatoms. The van der Waals surface area contributed by atoms with Gasteiger partial charge in [-0.05, 0) is 33.6 Å². The molecule has 0 saturated carbocycles. The quantitative estimate of drug-likeness (QED) is 0.640. The van der Waals surface area contributed by atoms with Gasteiger partial charge >= 0.3 is 6.09 Å². The molecule has 0 aromatic carbocycles. The van der Waals surface area contributed by atoms with E-state index >= 15 is 0 Å². The van der Waals surface area contributed by atoms with Crippen LogP contribution < -0.4 is 10.6 Å². The Labute approximate surface area is 103 Å². The standard InChI is InChI=1S/C12H24N2O3/c1-8-6-13-7-9(12(8,5)16)14-10(15)17-11(2,3)4/h8-9,13,16H,6-7H2,1-5H3,(H,14,15)/t8-,9+,12+/m0/s1. The highest BCUT2D eigenvalue weighted by Crippen LogP contribution is 2.24. The van der Waals surface area contributed by atoms with E-state index in [1.165, 1.54) is 0 Å². The molecule has 0 aromatic heterocycles. The Kier molecular flexibility index (Phi) is 4.04. The molecule has 0 bridgehead atoms. The van der Waals surface area contributed by atoms with E-state index in [4.69, 9.17) is 4.74 Å². The molecule has 0 spiro atoms. The summed E-state index contributed by atoms with van der Waals surface area (Å²) in [7, 11) is 0. The lowest BCUT2D eigenvalue weighted by Crippen LogP contribution is -2.64. The topological polar surface area (TPSA) is 70.6 Å². The zero-order valence-corrected chi connectivity index (χ0v) is 11.3. The van der Waals surface area contributed by atoms with Gasteiger partial charge in [-0.15, -0.1) is 0 Å². The zero-order valence-electron chi connectivity index (χ0n) is 11.3. The molecule has 0 aliphatic carbocycles. The molecule has 0 unspecified atom stereocenters. The van der Waals surface area contributed by atoms with Crippen LogP contribution in [-0.2, 0) is 4.74 Å². The molecule has 3 N–H and O–H groups in total. The number of hydrogen-bond donors (Lipinski definition) is 3. The van der Waals surface area contributed by atoms with E-state index in [0.29, 0.717) is 6.54 Å². The number of carbonyl (C=O) groups excluding carboxylic acids is 1. The third-order valence-electron chi connectivity index (χ3n) is 3.19. The first-order valence-electron chi connectivity index (χ1n) is 6.05. The number of carbonyl (C=O) groups is 1. The number of alkyl carbamates (subject to hydrolysis) is 1. The van der Waals surface area contributed by atoms with Crippen LogP contribution in [0.25, 0.3) is 0 Å². The van der Waals surface area contributed by atoms with Gasteiger partial charge in [-0.2, -0.15) is 0 Å². The minimum Gasteiger partial charge on any atom is -0.444 e. The third kappa shape index (κ3) is 3.85. The van der Waals surface area contributed by atoms with Crippen LogP contribution in [0.4, 0.5) is 4.79 Å². The summed E-state index contributed by atoms with van der Waals surface area (Å²) >= 11 is 0. The molecule has 100 valence electrons. The second kappa shape index (κ2) is 4.82. The van der Waals surface area contributed by atoms with Gasteiger partial charge in [0.05, 0.1) is 11.6 Å². The van der Waals surface area contributed by atoms with Crippen LogP contribution in [0.15, 0.2) is 0 Å². The number of amides is 1. The average Bonchev–Trinajstić information content (AvgIpc) is 2.10. The lowest BCUT2D eigenvalue weighted by atomic mass is 9.81. The van der Waals surface area contributed by atoms with E-state index in [0.717, 1.165) is 6.54 Å². The van der Waals surface area contributed by atoms with E-state index in [1.807, 2.05) is 27.7 Å². The molecule has 17 heavy (non-hydrogen) atoms. The second-order valence-corrected chi connectivity index (χ2v) is 5.98. The van der Waals surface area contributed by atoms with E-state index in [-0.39, 0.29) is 12.0 Å². The van der Waals surface area contributed by atoms with Gasteiger partial charge in [0, 0.05) is 13.1 Å². The Balaban J connectivity index is 2.58. The Morgan fingerprint density at radius 3 is 2.59 bits per heavy atom. The summed E-state index contributed by atoms with van der Waals surface area (Å²) in [6.07, 6.45) is -0.487. The fourth-order valence-corrected chi connectivity index (χ4v) is 1.85. The van der Waals surface area contributed by atoms with Crippen LogP contribution in [0.5, 0.6) is 0 Å². The molecule has 3 atom stereocenters. The van der Waals surface area contributed by atoms with Crippen LogP contribution in [0.3, 0.4) is 0 Å². The van der Waals surface area contributed by atoms with E-state index in [2.05, 4.69) is 10.6 Å². The number of piperidine rings is 1. The van der Waals surface area contributed by atoms with Crippen molar-refractivity contribution in [2.24, 2.45) is 5.92 Å². The number of rotatable bonds is 1. The highest BCUT2D eigenvalue weighted by atomic mass is 16.6. The van der Waals surface area contributed by atoms with Crippen molar-refractivity contribution in [1.82, 2.24) is 10.6 Å².